The van der Waals surface area contributed by atoms with E-state index >= 15 is 0 Å². The highest BCUT2D eigenvalue weighted by atomic mass is 16.2. The fraction of sp³-hybridized carbons (Fsp3) is 0.316. The van der Waals surface area contributed by atoms with Crippen molar-refractivity contribution < 1.29 is 4.79 Å². The molecule has 0 fully saturated rings. The van der Waals surface area contributed by atoms with Crippen molar-refractivity contribution in [1.29, 1.82) is 0 Å². The van der Waals surface area contributed by atoms with Gasteiger partial charge in [-0.25, -0.2) is 9.48 Å². The summed E-state index contributed by atoms with van der Waals surface area (Å²) in [7, 11) is 0. The topological polar surface area (TPSA) is 68.4 Å². The van der Waals surface area contributed by atoms with Crippen molar-refractivity contribution in [1.82, 2.24) is 19.5 Å². The molecular formula is C19H20N4O2. The van der Waals surface area contributed by atoms with Gasteiger partial charge >= 0.3 is 5.69 Å². The van der Waals surface area contributed by atoms with Crippen LogP contribution in [-0.2, 0) is 17.8 Å². The number of nitrogens with one attached hydrogen (secondary N) is 1. The first-order chi connectivity index (χ1) is 12.2. The minimum absolute atomic E-state index is 0.0606. The van der Waals surface area contributed by atoms with Crippen molar-refractivity contribution in [2.75, 3.05) is 6.54 Å². The maximum Gasteiger partial charge on any atom is 0.350 e. The number of benzene rings is 1. The van der Waals surface area contributed by atoms with E-state index in [-0.39, 0.29) is 18.1 Å². The molecule has 128 valence electrons. The molecule has 1 aliphatic rings. The third-order valence-electron chi connectivity index (χ3n) is 4.82. The summed E-state index contributed by atoms with van der Waals surface area (Å²) in [6.45, 7) is 0.535. The van der Waals surface area contributed by atoms with Crippen molar-refractivity contribution in [2.24, 2.45) is 0 Å². The molecule has 1 aromatic carbocycles. The van der Waals surface area contributed by atoms with E-state index < -0.39 is 0 Å². The van der Waals surface area contributed by atoms with E-state index in [1.54, 1.807) is 18.3 Å². The van der Waals surface area contributed by atoms with Gasteiger partial charge < -0.3 is 5.32 Å². The fourth-order valence-corrected chi connectivity index (χ4v) is 3.57. The van der Waals surface area contributed by atoms with Gasteiger partial charge in [0.2, 0.25) is 5.91 Å². The maximum absolute atomic E-state index is 12.3. The molecule has 2 heterocycles. The monoisotopic (exact) mass is 336 g/mol. The first-order valence-corrected chi connectivity index (χ1v) is 8.61. The maximum atomic E-state index is 12.3. The number of carbonyl (C=O) groups is 1. The molecule has 0 bridgehead atoms. The van der Waals surface area contributed by atoms with Gasteiger partial charge in [-0.1, -0.05) is 30.3 Å². The summed E-state index contributed by atoms with van der Waals surface area (Å²) in [6.07, 6.45) is 4.98. The van der Waals surface area contributed by atoms with E-state index in [0.29, 0.717) is 18.1 Å². The van der Waals surface area contributed by atoms with Crippen LogP contribution in [0.15, 0.2) is 53.5 Å². The van der Waals surface area contributed by atoms with Crippen LogP contribution in [0.3, 0.4) is 0 Å². The normalized spacial score (nSPS) is 16.6. The van der Waals surface area contributed by atoms with E-state index in [4.69, 9.17) is 0 Å². The third-order valence-corrected chi connectivity index (χ3v) is 4.82. The minimum Gasteiger partial charge on any atom is -0.354 e. The molecule has 0 saturated carbocycles. The second-order valence-electron chi connectivity index (χ2n) is 6.46. The number of carbonyl (C=O) groups excluding carboxylic acids is 1. The number of hydrogen-bond donors (Lipinski definition) is 1. The van der Waals surface area contributed by atoms with Gasteiger partial charge in [-0.05, 0) is 42.5 Å². The van der Waals surface area contributed by atoms with E-state index in [9.17, 15) is 9.59 Å². The Morgan fingerprint density at radius 2 is 2.04 bits per heavy atom. The second kappa shape index (κ2) is 6.55. The van der Waals surface area contributed by atoms with Crippen molar-refractivity contribution >= 4 is 11.6 Å². The molecule has 6 nitrogen and oxygen atoms in total. The zero-order valence-electron chi connectivity index (χ0n) is 13.9. The fourth-order valence-electron chi connectivity index (χ4n) is 3.57. The summed E-state index contributed by atoms with van der Waals surface area (Å²) >= 11 is 0. The summed E-state index contributed by atoms with van der Waals surface area (Å²) in [5, 5.41) is 7.15. The Hall–Kier alpha value is -2.89. The number of fused-ring (bicyclic) bond motifs is 2. The molecule has 25 heavy (non-hydrogen) atoms. The quantitative estimate of drug-likeness (QED) is 0.789. The molecule has 1 amide bonds. The molecule has 0 aliphatic heterocycles. The highest BCUT2D eigenvalue weighted by Crippen LogP contribution is 2.30. The SMILES string of the molecule is O=C(Cn1nc2ccccn2c1=O)NCC1CCCc2ccccc21. The Balaban J connectivity index is 1.43. The summed E-state index contributed by atoms with van der Waals surface area (Å²) in [5.74, 6) is 0.153. The molecule has 4 rings (SSSR count). The first-order valence-electron chi connectivity index (χ1n) is 8.61. The molecule has 1 unspecified atom stereocenters. The van der Waals surface area contributed by atoms with Gasteiger partial charge in [0.05, 0.1) is 0 Å². The van der Waals surface area contributed by atoms with Crippen LogP contribution < -0.4 is 11.0 Å². The molecular weight excluding hydrogens is 316 g/mol. The summed E-state index contributed by atoms with van der Waals surface area (Å²) in [4.78, 5) is 24.5. The van der Waals surface area contributed by atoms with E-state index in [1.807, 2.05) is 6.07 Å². The highest BCUT2D eigenvalue weighted by Gasteiger charge is 2.20. The first kappa shape index (κ1) is 15.6. The highest BCUT2D eigenvalue weighted by molar-refractivity contribution is 5.75. The number of amides is 1. The predicted molar refractivity (Wildman–Crippen MR) is 94.6 cm³/mol. The van der Waals surface area contributed by atoms with Crippen molar-refractivity contribution in [3.63, 3.8) is 0 Å². The standard InChI is InChI=1S/C19H20N4O2/c24-18(13-23-19(25)22-11-4-3-10-17(22)21-23)20-12-15-8-5-7-14-6-1-2-9-16(14)15/h1-4,6,9-11,15H,5,7-8,12-13H2,(H,20,24). The molecule has 1 atom stereocenters. The lowest BCUT2D eigenvalue weighted by atomic mass is 9.83. The van der Waals surface area contributed by atoms with Crippen LogP contribution >= 0.6 is 0 Å². The van der Waals surface area contributed by atoms with Gasteiger partial charge in [0, 0.05) is 18.7 Å². The van der Waals surface area contributed by atoms with Crippen LogP contribution in [0, 0.1) is 0 Å². The largest absolute Gasteiger partial charge is 0.354 e. The molecule has 2 aromatic heterocycles. The van der Waals surface area contributed by atoms with Gasteiger partial charge in [0.15, 0.2) is 5.65 Å². The number of aromatic nitrogens is 3. The Bertz CT molecular complexity index is 973. The van der Waals surface area contributed by atoms with Crippen molar-refractivity contribution in [3.05, 3.63) is 70.3 Å². The Labute approximate surface area is 145 Å². The molecule has 0 radical (unpaired) electrons. The summed E-state index contributed by atoms with van der Waals surface area (Å²) in [6, 6.07) is 13.8. The Morgan fingerprint density at radius 1 is 1.20 bits per heavy atom. The second-order valence-corrected chi connectivity index (χ2v) is 6.46. The van der Waals surface area contributed by atoms with E-state index in [1.165, 1.54) is 20.2 Å². The number of rotatable bonds is 4. The van der Waals surface area contributed by atoms with Crippen LogP contribution in [0.25, 0.3) is 5.65 Å². The van der Waals surface area contributed by atoms with Crippen molar-refractivity contribution in [3.8, 4) is 0 Å². The van der Waals surface area contributed by atoms with Gasteiger partial charge in [-0.15, -0.1) is 5.10 Å². The van der Waals surface area contributed by atoms with Gasteiger partial charge in [0.25, 0.3) is 0 Å². The van der Waals surface area contributed by atoms with Gasteiger partial charge in [-0.2, -0.15) is 0 Å². The number of hydrogen-bond acceptors (Lipinski definition) is 3. The smallest absolute Gasteiger partial charge is 0.350 e. The average molecular weight is 336 g/mol. The summed E-state index contributed by atoms with van der Waals surface area (Å²) < 4.78 is 2.64. The van der Waals surface area contributed by atoms with Crippen LogP contribution in [0.5, 0.6) is 0 Å². The lowest BCUT2D eigenvalue weighted by Crippen LogP contribution is -2.35. The minimum atomic E-state index is -0.297. The van der Waals surface area contributed by atoms with Crippen LogP contribution in [0.1, 0.15) is 29.9 Å². The summed E-state index contributed by atoms with van der Waals surface area (Å²) in [5.41, 5.74) is 2.96. The van der Waals surface area contributed by atoms with Crippen LogP contribution in [0.2, 0.25) is 0 Å². The number of nitrogens with zero attached hydrogens (tertiary/aromatic N) is 3. The Kier molecular flexibility index (Phi) is 4.09. The molecule has 0 saturated heterocycles. The zero-order chi connectivity index (χ0) is 17.2. The molecule has 1 aliphatic carbocycles. The van der Waals surface area contributed by atoms with Crippen LogP contribution in [-0.4, -0.2) is 26.6 Å². The molecule has 0 spiro atoms. The zero-order valence-corrected chi connectivity index (χ0v) is 13.9. The van der Waals surface area contributed by atoms with E-state index in [2.05, 4.69) is 34.7 Å². The van der Waals surface area contributed by atoms with E-state index in [0.717, 1.165) is 19.3 Å². The average Bonchev–Trinajstić information content (AvgIpc) is 2.96. The predicted octanol–water partition coefficient (Wildman–Crippen LogP) is 1.73. The lowest BCUT2D eigenvalue weighted by molar-refractivity contribution is -0.122. The van der Waals surface area contributed by atoms with Crippen LogP contribution in [0.4, 0.5) is 0 Å². The van der Waals surface area contributed by atoms with Gasteiger partial charge in [-0.3, -0.25) is 9.20 Å². The third kappa shape index (κ3) is 3.07. The molecule has 6 heteroatoms. The number of pyridine rings is 1. The van der Waals surface area contributed by atoms with Gasteiger partial charge in [0.1, 0.15) is 6.54 Å². The van der Waals surface area contributed by atoms with Crippen molar-refractivity contribution in [2.45, 2.75) is 31.7 Å². The Morgan fingerprint density at radius 3 is 2.92 bits per heavy atom. The molecule has 1 N–H and O–H groups in total. The molecule has 3 aromatic rings. The number of aryl methyl sites for hydroxylation is 1. The lowest BCUT2D eigenvalue weighted by Gasteiger charge is -2.25.